The lowest BCUT2D eigenvalue weighted by Gasteiger charge is -2.39. The standard InChI is InChI=1S/C22H36N4O6Si/c1-21(2,3)32-20(30)26-13(10-31-33(7,8)22(4,5)6)17(27)18(28)16(26)12-9-23-15-14(12)24-11-25-19(15)29/h9,11,13,16-18,23,27-28H,10H2,1-8H3,(H,24,25,29)/t13-,16+,17-,18+/m1/s1. The fourth-order valence-electron chi connectivity index (χ4n) is 3.73. The lowest BCUT2D eigenvalue weighted by Crippen LogP contribution is -2.49. The van der Waals surface area contributed by atoms with Crippen molar-refractivity contribution in [3.8, 4) is 0 Å². The Morgan fingerprint density at radius 2 is 1.79 bits per heavy atom. The minimum absolute atomic E-state index is 0.0425. The molecule has 4 atom stereocenters. The van der Waals surface area contributed by atoms with Gasteiger partial charge in [0, 0.05) is 11.8 Å². The number of H-pyrrole nitrogens is 2. The van der Waals surface area contributed by atoms with E-state index in [4.69, 9.17) is 9.16 Å². The second-order valence-corrected chi connectivity index (χ2v) is 16.0. The van der Waals surface area contributed by atoms with Crippen LogP contribution in [-0.2, 0) is 9.16 Å². The van der Waals surface area contributed by atoms with Crippen LogP contribution in [0.3, 0.4) is 0 Å². The fraction of sp³-hybridized carbons (Fsp3) is 0.682. The summed E-state index contributed by atoms with van der Waals surface area (Å²) in [6.45, 7) is 15.7. The van der Waals surface area contributed by atoms with Gasteiger partial charge < -0.3 is 29.3 Å². The van der Waals surface area contributed by atoms with E-state index in [-0.39, 0.29) is 22.7 Å². The van der Waals surface area contributed by atoms with Gasteiger partial charge in [-0.15, -0.1) is 0 Å². The van der Waals surface area contributed by atoms with Crippen molar-refractivity contribution in [2.45, 2.75) is 89.6 Å². The monoisotopic (exact) mass is 480 g/mol. The highest BCUT2D eigenvalue weighted by Crippen LogP contribution is 2.42. The molecule has 0 unspecified atom stereocenters. The van der Waals surface area contributed by atoms with Crippen LogP contribution in [0.2, 0.25) is 18.1 Å². The molecule has 2 aromatic rings. The molecule has 0 aliphatic carbocycles. The minimum atomic E-state index is -2.21. The predicted octanol–water partition coefficient (Wildman–Crippen LogP) is 2.66. The van der Waals surface area contributed by atoms with Gasteiger partial charge in [-0.2, -0.15) is 0 Å². The van der Waals surface area contributed by atoms with Gasteiger partial charge in [0.2, 0.25) is 0 Å². The van der Waals surface area contributed by atoms with Crippen LogP contribution in [0.25, 0.3) is 11.0 Å². The number of hydrogen-bond donors (Lipinski definition) is 4. The molecule has 0 saturated carbocycles. The summed E-state index contributed by atoms with van der Waals surface area (Å²) in [5.74, 6) is 0. The molecule has 4 N–H and O–H groups in total. The molecule has 0 radical (unpaired) electrons. The maximum absolute atomic E-state index is 13.3. The summed E-state index contributed by atoms with van der Waals surface area (Å²) in [6.07, 6.45) is -0.506. The smallest absolute Gasteiger partial charge is 0.411 e. The van der Waals surface area contributed by atoms with Gasteiger partial charge in [-0.3, -0.25) is 9.69 Å². The Balaban J connectivity index is 2.05. The average Bonchev–Trinajstić information content (AvgIpc) is 3.18. The van der Waals surface area contributed by atoms with Gasteiger partial charge in [-0.25, -0.2) is 9.78 Å². The lowest BCUT2D eigenvalue weighted by atomic mass is 10.0. The second kappa shape index (κ2) is 8.53. The van der Waals surface area contributed by atoms with E-state index in [1.165, 1.54) is 17.4 Å². The third kappa shape index (κ3) is 4.86. The van der Waals surface area contributed by atoms with E-state index in [0.717, 1.165) is 0 Å². The number of nitrogens with one attached hydrogen (secondary N) is 2. The number of nitrogens with zero attached hydrogens (tertiary/aromatic N) is 2. The predicted molar refractivity (Wildman–Crippen MR) is 126 cm³/mol. The third-order valence-corrected chi connectivity index (χ3v) is 11.1. The molecule has 2 aromatic heterocycles. The molecule has 10 nitrogen and oxygen atoms in total. The Morgan fingerprint density at radius 3 is 2.36 bits per heavy atom. The lowest BCUT2D eigenvalue weighted by molar-refractivity contribution is 0.000349. The van der Waals surface area contributed by atoms with Crippen molar-refractivity contribution >= 4 is 25.4 Å². The van der Waals surface area contributed by atoms with E-state index >= 15 is 0 Å². The molecular weight excluding hydrogens is 444 g/mol. The molecule has 0 bridgehead atoms. The molecule has 33 heavy (non-hydrogen) atoms. The first-order valence-corrected chi connectivity index (χ1v) is 14.0. The number of amides is 1. The Kier molecular flexibility index (Phi) is 6.57. The molecular formula is C22H36N4O6Si. The fourth-order valence-corrected chi connectivity index (χ4v) is 4.75. The third-order valence-electron chi connectivity index (χ3n) is 6.57. The van der Waals surface area contributed by atoms with Gasteiger partial charge in [-0.05, 0) is 38.9 Å². The Labute approximate surface area is 194 Å². The van der Waals surface area contributed by atoms with Crippen LogP contribution in [-0.4, -0.2) is 74.9 Å². The largest absolute Gasteiger partial charge is 0.444 e. The van der Waals surface area contributed by atoms with Crippen molar-refractivity contribution in [1.82, 2.24) is 19.9 Å². The number of aromatic nitrogens is 3. The normalized spacial score (nSPS) is 24.5. The van der Waals surface area contributed by atoms with Crippen LogP contribution in [0.4, 0.5) is 4.79 Å². The average molecular weight is 481 g/mol. The second-order valence-electron chi connectivity index (χ2n) is 11.2. The highest BCUT2D eigenvalue weighted by Gasteiger charge is 2.53. The first-order valence-electron chi connectivity index (χ1n) is 11.1. The molecule has 1 amide bonds. The summed E-state index contributed by atoms with van der Waals surface area (Å²) in [5, 5.41) is 22.0. The molecule has 11 heteroatoms. The number of rotatable bonds is 4. The van der Waals surface area contributed by atoms with Crippen molar-refractivity contribution in [3.63, 3.8) is 0 Å². The molecule has 0 aromatic carbocycles. The van der Waals surface area contributed by atoms with E-state index in [0.29, 0.717) is 11.1 Å². The highest BCUT2D eigenvalue weighted by molar-refractivity contribution is 6.74. The zero-order valence-corrected chi connectivity index (χ0v) is 21.6. The van der Waals surface area contributed by atoms with Gasteiger partial charge in [0.05, 0.1) is 25.0 Å². The molecule has 1 saturated heterocycles. The van der Waals surface area contributed by atoms with Gasteiger partial charge in [0.1, 0.15) is 28.8 Å². The van der Waals surface area contributed by atoms with Crippen LogP contribution in [0.15, 0.2) is 17.3 Å². The van der Waals surface area contributed by atoms with Crippen LogP contribution in [0, 0.1) is 0 Å². The van der Waals surface area contributed by atoms with Crippen molar-refractivity contribution in [2.24, 2.45) is 0 Å². The summed E-state index contributed by atoms with van der Waals surface area (Å²) in [7, 11) is -2.21. The Morgan fingerprint density at radius 1 is 1.15 bits per heavy atom. The maximum atomic E-state index is 13.3. The van der Waals surface area contributed by atoms with E-state index in [2.05, 4.69) is 48.8 Å². The summed E-state index contributed by atoms with van der Waals surface area (Å²) in [5.41, 5.74) is -0.210. The first-order chi connectivity index (χ1) is 15.0. The summed E-state index contributed by atoms with van der Waals surface area (Å²) >= 11 is 0. The minimum Gasteiger partial charge on any atom is -0.444 e. The number of ether oxygens (including phenoxy) is 1. The topological polar surface area (TPSA) is 141 Å². The molecule has 1 aliphatic rings. The van der Waals surface area contributed by atoms with Crippen LogP contribution in [0.5, 0.6) is 0 Å². The van der Waals surface area contributed by atoms with E-state index < -0.39 is 44.3 Å². The zero-order chi connectivity index (χ0) is 24.9. The summed E-state index contributed by atoms with van der Waals surface area (Å²) in [6, 6.07) is -1.83. The summed E-state index contributed by atoms with van der Waals surface area (Å²) in [4.78, 5) is 36.4. The Bertz CT molecular complexity index is 1070. The number of aliphatic hydroxyl groups is 2. The molecule has 3 rings (SSSR count). The van der Waals surface area contributed by atoms with Gasteiger partial charge >= 0.3 is 6.09 Å². The quantitative estimate of drug-likeness (QED) is 0.493. The number of fused-ring (bicyclic) bond motifs is 1. The number of carbonyl (C=O) groups is 1. The molecule has 1 fully saturated rings. The molecule has 3 heterocycles. The van der Waals surface area contributed by atoms with Gasteiger partial charge in [0.15, 0.2) is 8.32 Å². The Hall–Kier alpha value is -2.21. The number of carbonyl (C=O) groups excluding carboxylic acids is 1. The highest BCUT2D eigenvalue weighted by atomic mass is 28.4. The van der Waals surface area contributed by atoms with Crippen molar-refractivity contribution in [2.75, 3.05) is 6.61 Å². The number of aromatic amines is 2. The van der Waals surface area contributed by atoms with Crippen molar-refractivity contribution in [1.29, 1.82) is 0 Å². The number of aliphatic hydroxyl groups excluding tert-OH is 2. The molecule has 0 spiro atoms. The van der Waals surface area contributed by atoms with Crippen molar-refractivity contribution in [3.05, 3.63) is 28.4 Å². The van der Waals surface area contributed by atoms with E-state index in [1.807, 2.05) is 0 Å². The molecule has 1 aliphatic heterocycles. The van der Waals surface area contributed by atoms with E-state index in [9.17, 15) is 19.8 Å². The number of likely N-dealkylation sites (tertiary alicyclic amines) is 1. The first kappa shape index (κ1) is 25.4. The maximum Gasteiger partial charge on any atom is 0.411 e. The van der Waals surface area contributed by atoms with Gasteiger partial charge in [-0.1, -0.05) is 20.8 Å². The summed E-state index contributed by atoms with van der Waals surface area (Å²) < 4.78 is 12.0. The van der Waals surface area contributed by atoms with Crippen molar-refractivity contribution < 1.29 is 24.2 Å². The number of hydrogen-bond acceptors (Lipinski definition) is 7. The SMILES string of the molecule is CC(C)(C)OC(=O)N1[C@H](CO[Si](C)(C)C(C)(C)C)[C@@H](O)[C@@H](O)[C@@H]1c1c[nH]c2c(=O)[nH]cnc12. The van der Waals surface area contributed by atoms with Crippen LogP contribution >= 0.6 is 0 Å². The van der Waals surface area contributed by atoms with Gasteiger partial charge in [0.25, 0.3) is 5.56 Å². The van der Waals surface area contributed by atoms with Crippen LogP contribution in [0.1, 0.15) is 53.1 Å². The zero-order valence-electron chi connectivity index (χ0n) is 20.6. The molecule has 184 valence electrons. The van der Waals surface area contributed by atoms with Crippen LogP contribution < -0.4 is 5.56 Å². The van der Waals surface area contributed by atoms with E-state index in [1.54, 1.807) is 20.8 Å².